The Hall–Kier alpha value is -1.56. The van der Waals surface area contributed by atoms with Gasteiger partial charge in [-0.25, -0.2) is 13.6 Å². The first-order valence-corrected chi connectivity index (χ1v) is 5.16. The van der Waals surface area contributed by atoms with Crippen LogP contribution in [-0.2, 0) is 11.3 Å². The fourth-order valence-corrected chi connectivity index (χ4v) is 1.52. The van der Waals surface area contributed by atoms with Crippen molar-refractivity contribution in [1.82, 2.24) is 4.98 Å². The predicted octanol–water partition coefficient (Wildman–Crippen LogP) is 1.96. The van der Waals surface area contributed by atoms with Crippen molar-refractivity contribution < 1.29 is 18.3 Å². The molecule has 1 heterocycles. The average molecular weight is 244 g/mol. The zero-order chi connectivity index (χ0) is 13.0. The maximum Gasteiger partial charge on any atom is 0.339 e. The van der Waals surface area contributed by atoms with Crippen LogP contribution in [0, 0.1) is 6.92 Å². The van der Waals surface area contributed by atoms with Crippen LogP contribution in [0.3, 0.4) is 0 Å². The molecule has 6 heteroatoms. The lowest BCUT2D eigenvalue weighted by Gasteiger charge is -2.13. The molecule has 2 N–H and O–H groups in total. The Bertz CT molecular complexity index is 422. The summed E-state index contributed by atoms with van der Waals surface area (Å²) in [6, 6.07) is 0. The molecule has 0 aliphatic rings. The van der Waals surface area contributed by atoms with Crippen LogP contribution in [0.2, 0.25) is 0 Å². The number of esters is 1. The summed E-state index contributed by atoms with van der Waals surface area (Å²) in [6.45, 7) is 3.36. The number of alkyl halides is 2. The number of ether oxygens (including phenoxy) is 1. The summed E-state index contributed by atoms with van der Waals surface area (Å²) in [7, 11) is 0. The lowest BCUT2D eigenvalue weighted by molar-refractivity contribution is 0.0514. The van der Waals surface area contributed by atoms with Gasteiger partial charge in [-0.1, -0.05) is 0 Å². The van der Waals surface area contributed by atoms with Crippen molar-refractivity contribution in [2.75, 3.05) is 6.61 Å². The van der Waals surface area contributed by atoms with Crippen LogP contribution < -0.4 is 5.73 Å². The topological polar surface area (TPSA) is 65.2 Å². The second-order valence-corrected chi connectivity index (χ2v) is 3.39. The van der Waals surface area contributed by atoms with Crippen molar-refractivity contribution in [3.8, 4) is 0 Å². The minimum absolute atomic E-state index is 0.0851. The summed E-state index contributed by atoms with van der Waals surface area (Å²) in [5.41, 5.74) is 5.64. The third-order valence-electron chi connectivity index (χ3n) is 2.36. The highest BCUT2D eigenvalue weighted by molar-refractivity contribution is 5.93. The molecule has 0 radical (unpaired) electrons. The van der Waals surface area contributed by atoms with Crippen LogP contribution >= 0.6 is 0 Å². The van der Waals surface area contributed by atoms with E-state index in [1.165, 1.54) is 6.92 Å². The maximum atomic E-state index is 12.8. The highest BCUT2D eigenvalue weighted by atomic mass is 19.3. The van der Waals surface area contributed by atoms with E-state index >= 15 is 0 Å². The zero-order valence-corrected chi connectivity index (χ0v) is 9.67. The fraction of sp³-hybridized carbons (Fsp3) is 0.455. The number of rotatable bonds is 4. The van der Waals surface area contributed by atoms with E-state index in [2.05, 4.69) is 4.98 Å². The van der Waals surface area contributed by atoms with E-state index in [9.17, 15) is 13.6 Å². The highest BCUT2D eigenvalue weighted by Crippen LogP contribution is 2.26. The molecule has 1 rings (SSSR count). The van der Waals surface area contributed by atoms with E-state index < -0.39 is 18.0 Å². The third-order valence-corrected chi connectivity index (χ3v) is 2.36. The number of hydrogen-bond acceptors (Lipinski definition) is 4. The number of aromatic nitrogens is 1. The Kier molecular flexibility index (Phi) is 4.51. The largest absolute Gasteiger partial charge is 0.462 e. The molecule has 0 saturated carbocycles. The van der Waals surface area contributed by atoms with Crippen LogP contribution in [0.15, 0.2) is 6.20 Å². The molecule has 0 fully saturated rings. The Morgan fingerprint density at radius 2 is 2.24 bits per heavy atom. The zero-order valence-electron chi connectivity index (χ0n) is 9.67. The van der Waals surface area contributed by atoms with Gasteiger partial charge in [-0.3, -0.25) is 4.98 Å². The Labute approximate surface area is 97.8 Å². The molecule has 94 valence electrons. The summed E-state index contributed by atoms with van der Waals surface area (Å²) in [5, 5.41) is 0. The Morgan fingerprint density at radius 1 is 1.59 bits per heavy atom. The molecule has 0 aliphatic heterocycles. The summed E-state index contributed by atoms with van der Waals surface area (Å²) >= 11 is 0. The molecule has 0 unspecified atom stereocenters. The minimum Gasteiger partial charge on any atom is -0.462 e. The molecular formula is C11H14F2N2O2. The minimum atomic E-state index is -2.77. The van der Waals surface area contributed by atoms with Gasteiger partial charge in [0.05, 0.1) is 23.4 Å². The lowest BCUT2D eigenvalue weighted by Crippen LogP contribution is -2.15. The fourth-order valence-electron chi connectivity index (χ4n) is 1.52. The van der Waals surface area contributed by atoms with E-state index in [1.807, 2.05) is 0 Å². The second-order valence-electron chi connectivity index (χ2n) is 3.39. The molecule has 0 aliphatic carbocycles. The van der Waals surface area contributed by atoms with E-state index in [0.29, 0.717) is 11.3 Å². The van der Waals surface area contributed by atoms with Crippen LogP contribution in [-0.4, -0.2) is 17.6 Å². The van der Waals surface area contributed by atoms with E-state index in [4.69, 9.17) is 10.5 Å². The van der Waals surface area contributed by atoms with Gasteiger partial charge in [0.1, 0.15) is 0 Å². The van der Waals surface area contributed by atoms with Gasteiger partial charge in [-0.15, -0.1) is 0 Å². The van der Waals surface area contributed by atoms with E-state index in [-0.39, 0.29) is 18.7 Å². The summed E-state index contributed by atoms with van der Waals surface area (Å²) < 4.78 is 30.3. The summed E-state index contributed by atoms with van der Waals surface area (Å²) in [6.07, 6.45) is -1.79. The van der Waals surface area contributed by atoms with Gasteiger partial charge in [-0.05, 0) is 19.4 Å². The lowest BCUT2D eigenvalue weighted by atomic mass is 10.0. The average Bonchev–Trinajstić information content (AvgIpc) is 2.28. The Balaban J connectivity index is 3.34. The molecule has 0 atom stereocenters. The monoisotopic (exact) mass is 244 g/mol. The van der Waals surface area contributed by atoms with Gasteiger partial charge < -0.3 is 10.5 Å². The molecule has 1 aromatic rings. The SMILES string of the molecule is CCOC(=O)c1c(C(F)F)cnc(CN)c1C. The van der Waals surface area contributed by atoms with Gasteiger partial charge >= 0.3 is 5.97 Å². The number of carbonyl (C=O) groups is 1. The predicted molar refractivity (Wildman–Crippen MR) is 57.8 cm³/mol. The smallest absolute Gasteiger partial charge is 0.339 e. The standard InChI is InChI=1S/C11H14F2N2O2/c1-3-17-11(16)9-6(2)8(4-14)15-5-7(9)10(12)13/h5,10H,3-4,14H2,1-2H3. The van der Waals surface area contributed by atoms with E-state index in [1.54, 1.807) is 6.92 Å². The summed E-state index contributed by atoms with van der Waals surface area (Å²) in [4.78, 5) is 15.4. The highest BCUT2D eigenvalue weighted by Gasteiger charge is 2.23. The number of hydrogen-bond donors (Lipinski definition) is 1. The van der Waals surface area contributed by atoms with Gasteiger partial charge in [0.2, 0.25) is 0 Å². The van der Waals surface area contributed by atoms with Gasteiger partial charge in [0.25, 0.3) is 6.43 Å². The van der Waals surface area contributed by atoms with Crippen molar-refractivity contribution in [2.24, 2.45) is 5.73 Å². The molecule has 17 heavy (non-hydrogen) atoms. The molecule has 0 spiro atoms. The molecule has 4 nitrogen and oxygen atoms in total. The normalized spacial score (nSPS) is 10.7. The first kappa shape index (κ1) is 13.5. The molecule has 0 saturated heterocycles. The number of pyridine rings is 1. The van der Waals surface area contributed by atoms with Crippen molar-refractivity contribution in [3.05, 3.63) is 28.6 Å². The van der Waals surface area contributed by atoms with E-state index in [0.717, 1.165) is 6.20 Å². The van der Waals surface area contributed by atoms with Crippen LogP contribution in [0.1, 0.15) is 40.5 Å². The van der Waals surface area contributed by atoms with Gasteiger partial charge in [0.15, 0.2) is 0 Å². The molecule has 0 bridgehead atoms. The first-order chi connectivity index (χ1) is 8.02. The van der Waals surface area contributed by atoms with Crippen molar-refractivity contribution in [2.45, 2.75) is 26.8 Å². The maximum absolute atomic E-state index is 12.8. The van der Waals surface area contributed by atoms with Crippen molar-refractivity contribution >= 4 is 5.97 Å². The number of carbonyl (C=O) groups excluding carboxylic acids is 1. The quantitative estimate of drug-likeness (QED) is 0.822. The molecule has 1 aromatic heterocycles. The number of nitrogens with two attached hydrogens (primary N) is 1. The Morgan fingerprint density at radius 3 is 2.71 bits per heavy atom. The molecule has 0 amide bonds. The summed E-state index contributed by atoms with van der Waals surface area (Å²) in [5.74, 6) is -0.766. The van der Waals surface area contributed by atoms with Crippen LogP contribution in [0.25, 0.3) is 0 Å². The van der Waals surface area contributed by atoms with Crippen molar-refractivity contribution in [1.29, 1.82) is 0 Å². The van der Waals surface area contributed by atoms with Crippen LogP contribution in [0.5, 0.6) is 0 Å². The van der Waals surface area contributed by atoms with Crippen molar-refractivity contribution in [3.63, 3.8) is 0 Å². The first-order valence-electron chi connectivity index (χ1n) is 5.16. The number of halogens is 2. The van der Waals surface area contributed by atoms with Gasteiger partial charge in [0, 0.05) is 12.7 Å². The molecular weight excluding hydrogens is 230 g/mol. The van der Waals surface area contributed by atoms with Gasteiger partial charge in [-0.2, -0.15) is 0 Å². The molecule has 0 aromatic carbocycles. The van der Waals surface area contributed by atoms with Crippen LogP contribution in [0.4, 0.5) is 8.78 Å². The third kappa shape index (κ3) is 2.76. The number of nitrogens with zero attached hydrogens (tertiary/aromatic N) is 1. The second kappa shape index (κ2) is 5.67.